The Hall–Kier alpha value is 1.70. The zero-order valence-electron chi connectivity index (χ0n) is 9.46. The second-order valence-electron chi connectivity index (χ2n) is 6.82. The lowest BCUT2D eigenvalue weighted by Crippen LogP contribution is -2.54. The maximum absolute atomic E-state index is 10.6. The molecule has 1 nitrogen and oxygen atoms in total. The minimum Gasteiger partial charge on any atom is -0.392 e. The van der Waals surface area contributed by atoms with Crippen LogP contribution in [-0.2, 0) is 0 Å². The van der Waals surface area contributed by atoms with E-state index in [1.807, 2.05) is 0 Å². The molecule has 0 aromatic carbocycles. The summed E-state index contributed by atoms with van der Waals surface area (Å²) in [7, 11) is 0. The van der Waals surface area contributed by atoms with Gasteiger partial charge < -0.3 is 5.11 Å². The average molecular weight is 383 g/mol. The molecule has 0 aliphatic heterocycles. The SMILES string of the molecule is O[C@@H]1C2[C@@H]3C[C@H]1[C@H]1[C@@H]3[C@]3(Cl)C(Cl)(Cl)[C@@]1(Cl)[C@@H](Cl)[C@@]23Cl. The Morgan fingerprint density at radius 2 is 1.47 bits per heavy atom. The number of rotatable bonds is 0. The van der Waals surface area contributed by atoms with Crippen molar-refractivity contribution >= 4 is 69.6 Å². The molecule has 0 aromatic heterocycles. The van der Waals surface area contributed by atoms with Crippen LogP contribution in [0.25, 0.3) is 0 Å². The fourth-order valence-electron chi connectivity index (χ4n) is 6.48. The number of hydrogen-bond donors (Lipinski definition) is 1. The molecule has 5 saturated carbocycles. The van der Waals surface area contributed by atoms with Crippen LogP contribution in [0.5, 0.6) is 0 Å². The maximum atomic E-state index is 10.6. The van der Waals surface area contributed by atoms with E-state index < -0.39 is 30.4 Å². The summed E-state index contributed by atoms with van der Waals surface area (Å²) in [6.07, 6.45) is 0.419. The number of halogens is 6. The van der Waals surface area contributed by atoms with Crippen molar-refractivity contribution in [2.24, 2.45) is 29.6 Å². The minimum atomic E-state index is -1.36. The molecule has 7 heteroatoms. The molecule has 5 aliphatic carbocycles. The molecule has 0 radical (unpaired) electrons. The third-order valence-electron chi connectivity index (χ3n) is 6.78. The predicted molar refractivity (Wildman–Crippen MR) is 77.9 cm³/mol. The van der Waals surface area contributed by atoms with Gasteiger partial charge in [0.2, 0.25) is 0 Å². The van der Waals surface area contributed by atoms with Crippen LogP contribution in [0.3, 0.4) is 0 Å². The number of aliphatic hydroxyl groups is 1. The number of hydrogen-bond acceptors (Lipinski definition) is 1. The standard InChI is InChI=1S/C12H10Cl6O/c13-8-9(14)6-2-1-3(7(6)19)4-5(2)11(9,16)12(17,18)10(4,8)15/h2-8,19H,1H2/t2-,3+,4+,5-,6?,7+,8+,9+,10+,11-/m1/s1. The normalized spacial score (nSPS) is 77.5. The smallest absolute Gasteiger partial charge is 0.160 e. The van der Waals surface area contributed by atoms with Crippen molar-refractivity contribution in [2.45, 2.75) is 36.9 Å². The summed E-state index contributed by atoms with van der Waals surface area (Å²) in [6, 6.07) is 0. The van der Waals surface area contributed by atoms with Crippen LogP contribution in [0.2, 0.25) is 0 Å². The van der Waals surface area contributed by atoms with Gasteiger partial charge in [-0.2, -0.15) is 0 Å². The van der Waals surface area contributed by atoms with E-state index >= 15 is 0 Å². The monoisotopic (exact) mass is 380 g/mol. The Morgan fingerprint density at radius 3 is 2.11 bits per heavy atom. The van der Waals surface area contributed by atoms with Crippen LogP contribution < -0.4 is 0 Å². The number of alkyl halides is 6. The van der Waals surface area contributed by atoms with Gasteiger partial charge in [0.15, 0.2) is 4.33 Å². The van der Waals surface area contributed by atoms with Crippen LogP contribution in [0, 0.1) is 29.6 Å². The molecule has 1 N–H and O–H groups in total. The van der Waals surface area contributed by atoms with Crippen LogP contribution in [0.1, 0.15) is 6.42 Å². The van der Waals surface area contributed by atoms with Gasteiger partial charge in [0, 0.05) is 5.92 Å². The lowest BCUT2D eigenvalue weighted by atomic mass is 9.76. The van der Waals surface area contributed by atoms with Gasteiger partial charge in [0.25, 0.3) is 0 Å². The molecular formula is C12H10Cl6O. The zero-order chi connectivity index (χ0) is 13.7. The second-order valence-corrected chi connectivity index (χ2v) is 10.4. The molecular weight excluding hydrogens is 373 g/mol. The topological polar surface area (TPSA) is 20.2 Å². The predicted octanol–water partition coefficient (Wildman–Crippen LogP) is 3.60. The average Bonchev–Trinajstić information content (AvgIpc) is 2.95. The van der Waals surface area contributed by atoms with Gasteiger partial charge >= 0.3 is 0 Å². The van der Waals surface area contributed by atoms with Crippen molar-refractivity contribution in [1.29, 1.82) is 0 Å². The van der Waals surface area contributed by atoms with Gasteiger partial charge in [-0.15, -0.1) is 46.4 Å². The van der Waals surface area contributed by atoms with E-state index in [-0.39, 0.29) is 29.6 Å². The van der Waals surface area contributed by atoms with E-state index in [9.17, 15) is 5.11 Å². The summed E-state index contributed by atoms with van der Waals surface area (Å²) in [6.45, 7) is 0. The Morgan fingerprint density at radius 1 is 0.842 bits per heavy atom. The van der Waals surface area contributed by atoms with Crippen molar-refractivity contribution in [3.8, 4) is 0 Å². The highest BCUT2D eigenvalue weighted by Gasteiger charge is 3.00. The summed E-state index contributed by atoms with van der Waals surface area (Å²) in [5.41, 5.74) is 0. The summed E-state index contributed by atoms with van der Waals surface area (Å²) in [5.74, 6) is 0.170. The first kappa shape index (κ1) is 13.2. The van der Waals surface area contributed by atoms with Gasteiger partial charge in [0.05, 0.1) is 16.4 Å². The first-order chi connectivity index (χ1) is 8.66. The summed E-state index contributed by atoms with van der Waals surface area (Å²) >= 11 is 40.5. The molecule has 0 spiro atoms. The van der Waals surface area contributed by atoms with Crippen molar-refractivity contribution in [1.82, 2.24) is 0 Å². The lowest BCUT2D eigenvalue weighted by Gasteiger charge is -2.41. The molecule has 5 rings (SSSR count). The van der Waals surface area contributed by atoms with Gasteiger partial charge in [-0.25, -0.2) is 0 Å². The molecule has 4 bridgehead atoms. The largest absolute Gasteiger partial charge is 0.392 e. The third kappa shape index (κ3) is 0.821. The molecule has 10 atom stereocenters. The molecule has 0 amide bonds. The first-order valence-electron chi connectivity index (χ1n) is 6.43. The summed E-state index contributed by atoms with van der Waals surface area (Å²) in [4.78, 5) is -3.14. The number of fused-ring (bicyclic) bond motifs is 5. The zero-order valence-corrected chi connectivity index (χ0v) is 14.0. The number of aliphatic hydroxyl groups excluding tert-OH is 1. The third-order valence-corrected chi connectivity index (χ3v) is 11.8. The first-order valence-corrected chi connectivity index (χ1v) is 8.76. The van der Waals surface area contributed by atoms with Crippen LogP contribution in [-0.4, -0.2) is 35.5 Å². The van der Waals surface area contributed by atoms with E-state index in [2.05, 4.69) is 0 Å². The van der Waals surface area contributed by atoms with E-state index in [0.717, 1.165) is 6.42 Å². The highest BCUT2D eigenvalue weighted by Crippen LogP contribution is 2.91. The summed E-state index contributed by atoms with van der Waals surface area (Å²) < 4.78 is -1.36. The summed E-state index contributed by atoms with van der Waals surface area (Å²) in [5, 5.41) is 9.93. The molecule has 0 aromatic rings. The van der Waals surface area contributed by atoms with Gasteiger partial charge in [0.1, 0.15) is 9.75 Å². The van der Waals surface area contributed by atoms with Gasteiger partial charge in [-0.1, -0.05) is 23.2 Å². The van der Waals surface area contributed by atoms with Crippen molar-refractivity contribution in [3.63, 3.8) is 0 Å². The Bertz CT molecular complexity index is 526. The molecule has 106 valence electrons. The van der Waals surface area contributed by atoms with E-state index in [0.29, 0.717) is 0 Å². The van der Waals surface area contributed by atoms with E-state index in [1.54, 1.807) is 0 Å². The fraction of sp³-hybridized carbons (Fsp3) is 1.00. The minimum absolute atomic E-state index is 0.0465. The highest BCUT2D eigenvalue weighted by atomic mass is 35.5. The Balaban J connectivity index is 1.93. The second kappa shape index (κ2) is 3.03. The fourth-order valence-corrected chi connectivity index (χ4v) is 10.5. The molecule has 19 heavy (non-hydrogen) atoms. The van der Waals surface area contributed by atoms with Crippen molar-refractivity contribution in [2.75, 3.05) is 0 Å². The lowest BCUT2D eigenvalue weighted by molar-refractivity contribution is 0.0369. The molecule has 1 unspecified atom stereocenters. The van der Waals surface area contributed by atoms with Crippen LogP contribution in [0.15, 0.2) is 0 Å². The molecule has 0 heterocycles. The highest BCUT2D eigenvalue weighted by molar-refractivity contribution is 6.63. The van der Waals surface area contributed by atoms with Crippen molar-refractivity contribution < 1.29 is 5.11 Å². The molecule has 5 aliphatic rings. The van der Waals surface area contributed by atoms with Crippen LogP contribution in [0.4, 0.5) is 0 Å². The van der Waals surface area contributed by atoms with Gasteiger partial charge in [-0.05, 0) is 30.1 Å². The molecule has 0 saturated heterocycles. The Kier molecular flexibility index (Phi) is 2.10. The maximum Gasteiger partial charge on any atom is 0.160 e. The van der Waals surface area contributed by atoms with Gasteiger partial charge in [-0.3, -0.25) is 0 Å². The molecule has 5 fully saturated rings. The quantitative estimate of drug-likeness (QED) is 0.635. The Labute approximate surface area is 140 Å². The van der Waals surface area contributed by atoms with E-state index in [4.69, 9.17) is 69.6 Å². The van der Waals surface area contributed by atoms with E-state index in [1.165, 1.54) is 0 Å². The van der Waals surface area contributed by atoms with Crippen LogP contribution >= 0.6 is 69.6 Å². The van der Waals surface area contributed by atoms with Crippen molar-refractivity contribution in [3.05, 3.63) is 0 Å².